The van der Waals surface area contributed by atoms with Crippen LogP contribution in [0.1, 0.15) is 15.9 Å². The van der Waals surface area contributed by atoms with Gasteiger partial charge < -0.3 is 9.47 Å². The second kappa shape index (κ2) is 9.13. The third-order valence-electron chi connectivity index (χ3n) is 4.89. The Morgan fingerprint density at radius 2 is 1.55 bits per heavy atom. The van der Waals surface area contributed by atoms with E-state index >= 15 is 0 Å². The van der Waals surface area contributed by atoms with Crippen LogP contribution in [-0.2, 0) is 0 Å². The molecule has 154 valence electrons. The zero-order valence-corrected chi connectivity index (χ0v) is 17.4. The summed E-state index contributed by atoms with van der Waals surface area (Å²) in [6, 6.07) is 24.7. The Balaban J connectivity index is 1.77. The first-order chi connectivity index (χ1) is 15.2. The molecule has 0 amide bonds. The average molecular weight is 410 g/mol. The van der Waals surface area contributed by atoms with Crippen molar-refractivity contribution in [2.75, 3.05) is 14.2 Å². The number of ether oxygens (including phenoxy) is 2. The molecule has 4 rings (SSSR count). The van der Waals surface area contributed by atoms with Gasteiger partial charge in [0.25, 0.3) is 0 Å². The van der Waals surface area contributed by atoms with E-state index in [2.05, 4.69) is 0 Å². The van der Waals surface area contributed by atoms with E-state index in [0.717, 1.165) is 22.5 Å². The van der Waals surface area contributed by atoms with Gasteiger partial charge in [-0.1, -0.05) is 48.5 Å². The number of hydrogen-bond acceptors (Lipinski definition) is 4. The van der Waals surface area contributed by atoms with Crippen LogP contribution in [0.3, 0.4) is 0 Å². The molecule has 0 fully saturated rings. The molecule has 4 aromatic rings. The molecule has 0 unspecified atom stereocenters. The lowest BCUT2D eigenvalue weighted by Gasteiger charge is -2.09. The summed E-state index contributed by atoms with van der Waals surface area (Å²) < 4.78 is 12.6. The summed E-state index contributed by atoms with van der Waals surface area (Å²) in [7, 11) is 3.20. The van der Waals surface area contributed by atoms with Gasteiger partial charge in [-0.05, 0) is 42.5 Å². The number of rotatable bonds is 7. The fourth-order valence-electron chi connectivity index (χ4n) is 3.29. The molecule has 5 nitrogen and oxygen atoms in total. The first-order valence-electron chi connectivity index (χ1n) is 9.84. The monoisotopic (exact) mass is 410 g/mol. The molecule has 1 heterocycles. The fraction of sp³-hybridized carbons (Fsp3) is 0.0769. The molecule has 0 radical (unpaired) electrons. The first-order valence-corrected chi connectivity index (χ1v) is 9.84. The van der Waals surface area contributed by atoms with Crippen molar-refractivity contribution in [1.29, 1.82) is 0 Å². The van der Waals surface area contributed by atoms with Crippen molar-refractivity contribution in [1.82, 2.24) is 9.78 Å². The van der Waals surface area contributed by atoms with Crippen LogP contribution in [0.5, 0.6) is 11.5 Å². The highest BCUT2D eigenvalue weighted by atomic mass is 16.5. The topological polar surface area (TPSA) is 53.4 Å². The second-order valence-corrected chi connectivity index (χ2v) is 6.85. The van der Waals surface area contributed by atoms with E-state index in [4.69, 9.17) is 14.6 Å². The average Bonchev–Trinajstić information content (AvgIpc) is 3.27. The maximum atomic E-state index is 12.6. The summed E-state index contributed by atoms with van der Waals surface area (Å²) in [6.45, 7) is 0. The van der Waals surface area contributed by atoms with Gasteiger partial charge in [0.15, 0.2) is 17.3 Å². The van der Waals surface area contributed by atoms with Gasteiger partial charge in [0.05, 0.1) is 19.9 Å². The molecule has 0 bridgehead atoms. The molecule has 0 atom stereocenters. The third-order valence-corrected chi connectivity index (χ3v) is 4.89. The number of benzene rings is 3. The molecule has 5 heteroatoms. The lowest BCUT2D eigenvalue weighted by molar-refractivity contribution is 0.104. The van der Waals surface area contributed by atoms with E-state index in [9.17, 15) is 4.79 Å². The predicted molar refractivity (Wildman–Crippen MR) is 122 cm³/mol. The van der Waals surface area contributed by atoms with Gasteiger partial charge in [-0.25, -0.2) is 4.68 Å². The van der Waals surface area contributed by atoms with Gasteiger partial charge in [0, 0.05) is 22.9 Å². The highest BCUT2D eigenvalue weighted by molar-refractivity contribution is 6.07. The number of aromatic nitrogens is 2. The molecule has 0 aliphatic heterocycles. The van der Waals surface area contributed by atoms with Gasteiger partial charge in [-0.3, -0.25) is 4.79 Å². The van der Waals surface area contributed by atoms with E-state index in [-0.39, 0.29) is 5.78 Å². The number of methoxy groups -OCH3 is 2. The minimum atomic E-state index is -0.0636. The molecule has 0 aliphatic rings. The summed E-state index contributed by atoms with van der Waals surface area (Å²) in [5.41, 5.74) is 3.99. The highest BCUT2D eigenvalue weighted by Crippen LogP contribution is 2.33. The van der Waals surface area contributed by atoms with Crippen molar-refractivity contribution in [2.24, 2.45) is 0 Å². The Bertz CT molecular complexity index is 1210. The number of carbonyl (C=O) groups excluding carboxylic acids is 1. The standard InChI is InChI=1S/C26H22N2O3/c1-30-24-16-14-20(17-25(24)31-2)26-21(13-15-23(29)19-9-5-3-6-10-19)18-28(27-26)22-11-7-4-8-12-22/h3-18H,1-2H3. The van der Waals surface area contributed by atoms with Crippen molar-refractivity contribution >= 4 is 11.9 Å². The Hall–Kier alpha value is -4.12. The van der Waals surface area contributed by atoms with Gasteiger partial charge in [0.1, 0.15) is 5.69 Å². The molecular weight excluding hydrogens is 388 g/mol. The van der Waals surface area contributed by atoms with Crippen LogP contribution in [0.2, 0.25) is 0 Å². The molecule has 0 aliphatic carbocycles. The van der Waals surface area contributed by atoms with Gasteiger partial charge in [0.2, 0.25) is 0 Å². The summed E-state index contributed by atoms with van der Waals surface area (Å²) in [5, 5.41) is 4.79. The van der Waals surface area contributed by atoms with E-state index in [0.29, 0.717) is 17.1 Å². The summed E-state index contributed by atoms with van der Waals surface area (Å²) >= 11 is 0. The summed E-state index contributed by atoms with van der Waals surface area (Å²) in [4.78, 5) is 12.6. The molecule has 0 spiro atoms. The summed E-state index contributed by atoms with van der Waals surface area (Å²) in [5.74, 6) is 1.20. The third kappa shape index (κ3) is 4.41. The van der Waals surface area contributed by atoms with E-state index in [1.807, 2.05) is 72.9 Å². The Labute approximate surface area is 181 Å². The molecule has 3 aromatic carbocycles. The van der Waals surface area contributed by atoms with Crippen LogP contribution in [0.4, 0.5) is 0 Å². The molecule has 0 saturated carbocycles. The van der Waals surface area contributed by atoms with Crippen LogP contribution in [-0.4, -0.2) is 29.8 Å². The Kier molecular flexibility index (Phi) is 5.94. The van der Waals surface area contributed by atoms with Crippen LogP contribution >= 0.6 is 0 Å². The molecule has 0 saturated heterocycles. The number of ketones is 1. The molecule has 0 N–H and O–H groups in total. The largest absolute Gasteiger partial charge is 0.493 e. The van der Waals surface area contributed by atoms with E-state index in [1.165, 1.54) is 0 Å². The highest BCUT2D eigenvalue weighted by Gasteiger charge is 2.14. The maximum Gasteiger partial charge on any atom is 0.185 e. The van der Waals surface area contributed by atoms with Crippen molar-refractivity contribution in [3.8, 4) is 28.4 Å². The smallest absolute Gasteiger partial charge is 0.185 e. The Morgan fingerprint density at radius 3 is 2.23 bits per heavy atom. The van der Waals surface area contributed by atoms with Crippen molar-refractivity contribution < 1.29 is 14.3 Å². The van der Waals surface area contributed by atoms with Gasteiger partial charge in [-0.2, -0.15) is 5.10 Å². The lowest BCUT2D eigenvalue weighted by atomic mass is 10.1. The number of nitrogens with zero attached hydrogens (tertiary/aromatic N) is 2. The fourth-order valence-corrected chi connectivity index (χ4v) is 3.29. The predicted octanol–water partition coefficient (Wildman–Crippen LogP) is 5.45. The Morgan fingerprint density at radius 1 is 0.871 bits per heavy atom. The first kappa shape index (κ1) is 20.2. The summed E-state index contributed by atoms with van der Waals surface area (Å²) in [6.07, 6.45) is 5.29. The number of hydrogen-bond donors (Lipinski definition) is 0. The zero-order valence-electron chi connectivity index (χ0n) is 17.4. The number of allylic oxidation sites excluding steroid dienone is 1. The number of carbonyl (C=O) groups is 1. The normalized spacial score (nSPS) is 10.9. The van der Waals surface area contributed by atoms with Crippen molar-refractivity contribution in [3.05, 3.63) is 102 Å². The molecular formula is C26H22N2O3. The number of para-hydroxylation sites is 1. The van der Waals surface area contributed by atoms with Gasteiger partial charge in [-0.15, -0.1) is 0 Å². The molecule has 31 heavy (non-hydrogen) atoms. The van der Waals surface area contributed by atoms with E-state index < -0.39 is 0 Å². The van der Waals surface area contributed by atoms with Crippen LogP contribution < -0.4 is 9.47 Å². The SMILES string of the molecule is COc1ccc(-c2nn(-c3ccccc3)cc2C=CC(=O)c2ccccc2)cc1OC. The lowest BCUT2D eigenvalue weighted by Crippen LogP contribution is -1.95. The minimum Gasteiger partial charge on any atom is -0.493 e. The maximum absolute atomic E-state index is 12.6. The van der Waals surface area contributed by atoms with Gasteiger partial charge >= 0.3 is 0 Å². The minimum absolute atomic E-state index is 0.0636. The van der Waals surface area contributed by atoms with Crippen molar-refractivity contribution in [2.45, 2.75) is 0 Å². The second-order valence-electron chi connectivity index (χ2n) is 6.85. The molecule has 1 aromatic heterocycles. The van der Waals surface area contributed by atoms with Crippen LogP contribution in [0, 0.1) is 0 Å². The zero-order chi connectivity index (χ0) is 21.6. The quantitative estimate of drug-likeness (QED) is 0.300. The van der Waals surface area contributed by atoms with Crippen LogP contribution in [0.25, 0.3) is 23.0 Å². The van der Waals surface area contributed by atoms with Crippen LogP contribution in [0.15, 0.2) is 91.1 Å². The van der Waals surface area contributed by atoms with Crippen molar-refractivity contribution in [3.63, 3.8) is 0 Å². The van der Waals surface area contributed by atoms with E-state index in [1.54, 1.807) is 43.2 Å².